The molecule has 0 saturated carbocycles. The van der Waals surface area contributed by atoms with Gasteiger partial charge in [-0.25, -0.2) is 4.68 Å². The lowest BCUT2D eigenvalue weighted by atomic mass is 10.2. The topological polar surface area (TPSA) is 85.1 Å². The molecule has 0 spiro atoms. The quantitative estimate of drug-likeness (QED) is 0.789. The van der Waals surface area contributed by atoms with Crippen LogP contribution in [0.25, 0.3) is 0 Å². The Balaban J connectivity index is 2.06. The van der Waals surface area contributed by atoms with E-state index in [1.165, 1.54) is 23.1 Å². The largest absolute Gasteiger partial charge is 0.468 e. The third-order valence-corrected chi connectivity index (χ3v) is 3.81. The number of anilines is 1. The Morgan fingerprint density at radius 3 is 2.74 bits per heavy atom. The van der Waals surface area contributed by atoms with Gasteiger partial charge in [0.15, 0.2) is 6.61 Å². The molecular weight excluding hydrogens is 335 g/mol. The molecule has 2 aromatic rings. The summed E-state index contributed by atoms with van der Waals surface area (Å²) in [6, 6.07) is 0. The lowest BCUT2D eigenvalue weighted by Gasteiger charge is -2.11. The van der Waals surface area contributed by atoms with Gasteiger partial charge in [0.1, 0.15) is 5.01 Å². The minimum atomic E-state index is -4.42. The van der Waals surface area contributed by atoms with E-state index >= 15 is 0 Å². The van der Waals surface area contributed by atoms with Gasteiger partial charge in [-0.05, 0) is 6.92 Å². The Kier molecular flexibility index (Phi) is 5.42. The molecule has 0 atom stereocenters. The van der Waals surface area contributed by atoms with Crippen LogP contribution in [-0.4, -0.2) is 44.5 Å². The SMILES string of the molecule is Cc1nn(C)c(OCC(F)(F)F)c1CNc1nnc(CCO)s1. The van der Waals surface area contributed by atoms with Crippen molar-refractivity contribution in [3.05, 3.63) is 16.3 Å². The number of ether oxygens (including phenoxy) is 1. The van der Waals surface area contributed by atoms with Crippen LogP contribution in [0.4, 0.5) is 18.3 Å². The zero-order valence-corrected chi connectivity index (χ0v) is 13.3. The summed E-state index contributed by atoms with van der Waals surface area (Å²) in [4.78, 5) is 0. The number of rotatable bonds is 7. The highest BCUT2D eigenvalue weighted by Gasteiger charge is 2.30. The molecule has 0 aliphatic heterocycles. The molecule has 128 valence electrons. The van der Waals surface area contributed by atoms with Gasteiger partial charge in [0.2, 0.25) is 11.0 Å². The van der Waals surface area contributed by atoms with E-state index < -0.39 is 12.8 Å². The summed E-state index contributed by atoms with van der Waals surface area (Å²) >= 11 is 1.27. The van der Waals surface area contributed by atoms with E-state index in [9.17, 15) is 13.2 Å². The number of aliphatic hydroxyl groups excluding tert-OH is 1. The van der Waals surface area contributed by atoms with Crippen molar-refractivity contribution in [1.29, 1.82) is 0 Å². The van der Waals surface area contributed by atoms with E-state index in [0.29, 0.717) is 27.8 Å². The molecule has 0 unspecified atom stereocenters. The predicted octanol–water partition coefficient (Wildman–Crippen LogP) is 1.67. The van der Waals surface area contributed by atoms with Crippen molar-refractivity contribution >= 4 is 16.5 Å². The minimum Gasteiger partial charge on any atom is -0.468 e. The first-order valence-corrected chi connectivity index (χ1v) is 7.51. The molecule has 0 aliphatic rings. The van der Waals surface area contributed by atoms with Crippen molar-refractivity contribution < 1.29 is 23.0 Å². The number of hydrogen-bond donors (Lipinski definition) is 2. The van der Waals surface area contributed by atoms with E-state index in [2.05, 4.69) is 20.6 Å². The molecule has 23 heavy (non-hydrogen) atoms. The summed E-state index contributed by atoms with van der Waals surface area (Å²) in [7, 11) is 1.52. The second-order valence-electron chi connectivity index (χ2n) is 4.72. The Morgan fingerprint density at radius 1 is 1.35 bits per heavy atom. The van der Waals surface area contributed by atoms with Crippen LogP contribution >= 0.6 is 11.3 Å². The first-order valence-electron chi connectivity index (χ1n) is 6.69. The van der Waals surface area contributed by atoms with Crippen LogP contribution in [0.3, 0.4) is 0 Å². The molecule has 2 N–H and O–H groups in total. The molecule has 0 aliphatic carbocycles. The number of hydrogen-bond acceptors (Lipinski definition) is 7. The molecule has 0 amide bonds. The van der Waals surface area contributed by atoms with Gasteiger partial charge >= 0.3 is 6.18 Å². The fourth-order valence-electron chi connectivity index (χ4n) is 1.90. The van der Waals surface area contributed by atoms with Gasteiger partial charge in [-0.3, -0.25) is 0 Å². The van der Waals surface area contributed by atoms with Gasteiger partial charge in [-0.15, -0.1) is 10.2 Å². The van der Waals surface area contributed by atoms with Crippen molar-refractivity contribution in [2.75, 3.05) is 18.5 Å². The van der Waals surface area contributed by atoms with Crippen LogP contribution in [0, 0.1) is 6.92 Å². The second-order valence-corrected chi connectivity index (χ2v) is 5.79. The summed E-state index contributed by atoms with van der Waals surface area (Å²) < 4.78 is 43.1. The third-order valence-electron chi connectivity index (χ3n) is 2.87. The van der Waals surface area contributed by atoms with Crippen LogP contribution in [0.1, 0.15) is 16.3 Å². The van der Waals surface area contributed by atoms with Gasteiger partial charge in [0.25, 0.3) is 0 Å². The lowest BCUT2D eigenvalue weighted by Crippen LogP contribution is -2.21. The van der Waals surface area contributed by atoms with Crippen LogP contribution in [0.2, 0.25) is 0 Å². The smallest absolute Gasteiger partial charge is 0.422 e. The Labute approximate surface area is 134 Å². The van der Waals surface area contributed by atoms with Gasteiger partial charge in [-0.2, -0.15) is 18.3 Å². The van der Waals surface area contributed by atoms with Crippen LogP contribution in [-0.2, 0) is 20.0 Å². The van der Waals surface area contributed by atoms with Gasteiger partial charge in [-0.1, -0.05) is 11.3 Å². The maximum Gasteiger partial charge on any atom is 0.422 e. The molecule has 0 bridgehead atoms. The van der Waals surface area contributed by atoms with Gasteiger partial charge in [0, 0.05) is 26.6 Å². The van der Waals surface area contributed by atoms with Crippen LogP contribution in [0.5, 0.6) is 5.88 Å². The average molecular weight is 351 g/mol. The van der Waals surface area contributed by atoms with E-state index in [0.717, 1.165) is 0 Å². The zero-order chi connectivity index (χ0) is 17.0. The highest BCUT2D eigenvalue weighted by Crippen LogP contribution is 2.26. The third kappa shape index (κ3) is 4.79. The van der Waals surface area contributed by atoms with E-state index in [-0.39, 0.29) is 19.0 Å². The summed E-state index contributed by atoms with van der Waals surface area (Å²) in [5, 5.41) is 24.9. The van der Waals surface area contributed by atoms with Crippen molar-refractivity contribution in [2.24, 2.45) is 7.05 Å². The van der Waals surface area contributed by atoms with Gasteiger partial charge < -0.3 is 15.2 Å². The van der Waals surface area contributed by atoms with E-state index in [1.807, 2.05) is 0 Å². The fraction of sp³-hybridized carbons (Fsp3) is 0.583. The number of aromatic nitrogens is 4. The summed E-state index contributed by atoms with van der Waals surface area (Å²) in [5.41, 5.74) is 1.09. The predicted molar refractivity (Wildman–Crippen MR) is 77.5 cm³/mol. The zero-order valence-electron chi connectivity index (χ0n) is 12.5. The van der Waals surface area contributed by atoms with E-state index in [1.54, 1.807) is 6.92 Å². The van der Waals surface area contributed by atoms with Crippen molar-refractivity contribution in [1.82, 2.24) is 20.0 Å². The standard InChI is InChI=1S/C12H16F3N5O2S/c1-7-8(5-16-11-18-17-9(23-11)3-4-21)10(20(2)19-7)22-6-12(13,14)15/h21H,3-6H2,1-2H3,(H,16,18). The van der Waals surface area contributed by atoms with Crippen molar-refractivity contribution in [2.45, 2.75) is 26.1 Å². The lowest BCUT2D eigenvalue weighted by molar-refractivity contribution is -0.154. The van der Waals surface area contributed by atoms with Crippen LogP contribution < -0.4 is 10.1 Å². The Hall–Kier alpha value is -1.88. The normalized spacial score (nSPS) is 11.7. The molecule has 0 saturated heterocycles. The molecule has 7 nitrogen and oxygen atoms in total. The summed E-state index contributed by atoms with van der Waals surface area (Å²) in [6.07, 6.45) is -4.01. The van der Waals surface area contributed by atoms with E-state index in [4.69, 9.17) is 9.84 Å². The number of alkyl halides is 3. The highest BCUT2D eigenvalue weighted by atomic mass is 32.1. The number of nitrogens with zero attached hydrogens (tertiary/aromatic N) is 4. The number of halogens is 3. The summed E-state index contributed by atoms with van der Waals surface area (Å²) in [5.74, 6) is 0.0624. The number of aryl methyl sites for hydroxylation is 2. The average Bonchev–Trinajstić information content (AvgIpc) is 2.98. The molecule has 11 heteroatoms. The molecule has 0 fully saturated rings. The first kappa shape index (κ1) is 17.5. The van der Waals surface area contributed by atoms with Gasteiger partial charge in [0.05, 0.1) is 11.3 Å². The molecule has 2 aromatic heterocycles. The molecule has 0 radical (unpaired) electrons. The maximum absolute atomic E-state index is 12.3. The Bertz CT molecular complexity index is 656. The minimum absolute atomic E-state index is 0.0220. The molecule has 0 aromatic carbocycles. The monoisotopic (exact) mass is 351 g/mol. The fourth-order valence-corrected chi connectivity index (χ4v) is 2.62. The van der Waals surface area contributed by atoms with Crippen molar-refractivity contribution in [3.63, 3.8) is 0 Å². The molecule has 2 rings (SSSR count). The Morgan fingerprint density at radius 2 is 2.09 bits per heavy atom. The maximum atomic E-state index is 12.3. The highest BCUT2D eigenvalue weighted by molar-refractivity contribution is 7.15. The molecule has 2 heterocycles. The number of aliphatic hydroxyl groups is 1. The van der Waals surface area contributed by atoms with Crippen molar-refractivity contribution in [3.8, 4) is 5.88 Å². The second kappa shape index (κ2) is 7.13. The van der Waals surface area contributed by atoms with Crippen LogP contribution in [0.15, 0.2) is 0 Å². The summed E-state index contributed by atoms with van der Waals surface area (Å²) in [6.45, 7) is 0.500. The number of nitrogens with one attached hydrogen (secondary N) is 1. The first-order chi connectivity index (χ1) is 10.8. The molecular formula is C12H16F3N5O2S.